The molecule has 0 amide bonds. The number of nitrogens with zero attached hydrogens (tertiary/aromatic N) is 4. The van der Waals surface area contributed by atoms with Crippen LogP contribution in [0.5, 0.6) is 0 Å². The number of rotatable bonds is 6. The number of fused-ring (bicyclic) bond motifs is 7. The molecule has 59 heavy (non-hydrogen) atoms. The van der Waals surface area contributed by atoms with Gasteiger partial charge in [-0.05, 0) is 64.7 Å². The Morgan fingerprint density at radius 1 is 0.356 bits per heavy atom. The molecule has 0 saturated carbocycles. The third kappa shape index (κ3) is 5.82. The zero-order valence-corrected chi connectivity index (χ0v) is 33.0. The summed E-state index contributed by atoms with van der Waals surface area (Å²) in [4.78, 5) is 20.2. The van der Waals surface area contributed by atoms with Crippen LogP contribution in [-0.4, -0.2) is 19.9 Å². The van der Waals surface area contributed by atoms with Crippen molar-refractivity contribution >= 4 is 74.1 Å². The highest BCUT2D eigenvalue weighted by Crippen LogP contribution is 2.43. The lowest BCUT2D eigenvalue weighted by Gasteiger charge is -2.10. The van der Waals surface area contributed by atoms with Crippen molar-refractivity contribution in [3.63, 3.8) is 0 Å². The predicted molar refractivity (Wildman–Crippen MR) is 246 cm³/mol. The fraction of sp³-hybridized carbons (Fsp3) is 0. The van der Waals surface area contributed by atoms with Crippen LogP contribution in [0.3, 0.4) is 0 Å². The van der Waals surface area contributed by atoms with E-state index < -0.39 is 0 Å². The number of benzene rings is 8. The maximum atomic E-state index is 6.37. The molecule has 5 nitrogen and oxygen atoms in total. The second-order valence-electron chi connectivity index (χ2n) is 14.6. The number of oxazole rings is 1. The van der Waals surface area contributed by atoms with Gasteiger partial charge in [-0.2, -0.15) is 0 Å². The van der Waals surface area contributed by atoms with Gasteiger partial charge >= 0.3 is 0 Å². The van der Waals surface area contributed by atoms with Gasteiger partial charge in [0.05, 0.1) is 0 Å². The molecule has 4 heterocycles. The quantitative estimate of drug-likeness (QED) is 0.168. The lowest BCUT2D eigenvalue weighted by atomic mass is 10.0. The molecule has 0 bridgehead atoms. The van der Waals surface area contributed by atoms with E-state index in [4.69, 9.17) is 24.4 Å². The number of aromatic nitrogens is 4. The first-order chi connectivity index (χ1) is 29.2. The standard InChI is InChI=1S/C52H30N4OS2/c1-3-11-31(12-4-1)35-25-27-42-43(30-35)57-52(53-42)36-26-28-45-41(29-36)38-17-9-16-37(48(38)59-45)32-21-23-34(24-22-32)50-54-49(33-13-5-2-6-14-33)55-51(56-50)40-18-10-20-46-47(40)39-15-7-8-19-44(39)58-46/h1-30H. The van der Waals surface area contributed by atoms with Gasteiger partial charge in [0.2, 0.25) is 5.89 Å². The van der Waals surface area contributed by atoms with Gasteiger partial charge in [-0.3, -0.25) is 0 Å². The number of thiophene rings is 2. The maximum absolute atomic E-state index is 6.37. The highest BCUT2D eigenvalue weighted by molar-refractivity contribution is 7.26. The van der Waals surface area contributed by atoms with Gasteiger partial charge in [0, 0.05) is 62.6 Å². The summed E-state index contributed by atoms with van der Waals surface area (Å²) in [5.41, 5.74) is 10.0. The first-order valence-corrected chi connectivity index (χ1v) is 21.1. The molecule has 0 aliphatic rings. The van der Waals surface area contributed by atoms with Crippen molar-refractivity contribution < 1.29 is 4.42 Å². The minimum Gasteiger partial charge on any atom is -0.436 e. The highest BCUT2D eigenvalue weighted by Gasteiger charge is 2.18. The van der Waals surface area contributed by atoms with Crippen LogP contribution in [0.25, 0.3) is 119 Å². The summed E-state index contributed by atoms with van der Waals surface area (Å²) >= 11 is 3.61. The van der Waals surface area contributed by atoms with Crippen molar-refractivity contribution in [3.05, 3.63) is 182 Å². The summed E-state index contributed by atoms with van der Waals surface area (Å²) in [6.45, 7) is 0. The fourth-order valence-corrected chi connectivity index (χ4v) is 10.5. The monoisotopic (exact) mass is 790 g/mol. The summed E-state index contributed by atoms with van der Waals surface area (Å²) in [7, 11) is 0. The van der Waals surface area contributed by atoms with Crippen LogP contribution in [0.1, 0.15) is 0 Å². The minimum atomic E-state index is 0.621. The normalized spacial score (nSPS) is 11.7. The molecule has 12 rings (SSSR count). The summed E-state index contributed by atoms with van der Waals surface area (Å²) in [6, 6.07) is 63.4. The van der Waals surface area contributed by atoms with E-state index in [1.54, 1.807) is 11.3 Å². The molecule has 0 atom stereocenters. The first kappa shape index (κ1) is 33.8. The molecule has 0 saturated heterocycles. The smallest absolute Gasteiger partial charge is 0.227 e. The topological polar surface area (TPSA) is 64.7 Å². The fourth-order valence-electron chi connectivity index (χ4n) is 8.12. The lowest BCUT2D eigenvalue weighted by Crippen LogP contribution is -2.00. The van der Waals surface area contributed by atoms with Gasteiger partial charge in [-0.1, -0.05) is 140 Å². The van der Waals surface area contributed by atoms with Crippen LogP contribution < -0.4 is 0 Å². The molecule has 0 fully saturated rings. The van der Waals surface area contributed by atoms with Crippen LogP contribution in [0.4, 0.5) is 0 Å². The van der Waals surface area contributed by atoms with Crippen LogP contribution in [0.2, 0.25) is 0 Å². The largest absolute Gasteiger partial charge is 0.436 e. The third-order valence-electron chi connectivity index (χ3n) is 11.0. The molecule has 12 aromatic rings. The molecule has 0 spiro atoms. The summed E-state index contributed by atoms with van der Waals surface area (Å²) in [5.74, 6) is 2.57. The van der Waals surface area contributed by atoms with Gasteiger partial charge in [-0.15, -0.1) is 22.7 Å². The van der Waals surface area contributed by atoms with Crippen LogP contribution >= 0.6 is 22.7 Å². The van der Waals surface area contributed by atoms with Gasteiger partial charge in [0.25, 0.3) is 0 Å². The van der Waals surface area contributed by atoms with E-state index in [0.29, 0.717) is 23.4 Å². The van der Waals surface area contributed by atoms with Crippen molar-refractivity contribution in [2.24, 2.45) is 0 Å². The predicted octanol–water partition coefficient (Wildman–Crippen LogP) is 14.8. The molecule has 0 aliphatic carbocycles. The van der Waals surface area contributed by atoms with Crippen LogP contribution in [-0.2, 0) is 0 Å². The average molecular weight is 791 g/mol. The Bertz CT molecular complexity index is 3550. The van der Waals surface area contributed by atoms with E-state index in [1.165, 1.54) is 45.9 Å². The van der Waals surface area contributed by atoms with Gasteiger partial charge in [0.1, 0.15) is 5.52 Å². The molecule has 0 unspecified atom stereocenters. The molecular formula is C52H30N4OS2. The third-order valence-corrected chi connectivity index (χ3v) is 13.4. The Labute approximate surface area is 346 Å². The van der Waals surface area contributed by atoms with Gasteiger partial charge < -0.3 is 4.42 Å². The SMILES string of the molecule is c1ccc(-c2ccc3nc(-c4ccc5sc6c(-c7ccc(-c8nc(-c9ccccc9)nc(-c9cccc%10sc%11ccccc%11c9%10)n8)cc7)cccc6c5c4)oc3c2)cc1. The minimum absolute atomic E-state index is 0.621. The summed E-state index contributed by atoms with van der Waals surface area (Å²) in [6.07, 6.45) is 0. The Hall–Kier alpha value is -7.32. The summed E-state index contributed by atoms with van der Waals surface area (Å²) < 4.78 is 11.3. The Morgan fingerprint density at radius 3 is 1.80 bits per heavy atom. The molecule has 276 valence electrons. The molecule has 0 aliphatic heterocycles. The highest BCUT2D eigenvalue weighted by atomic mass is 32.1. The van der Waals surface area contributed by atoms with Crippen molar-refractivity contribution in [3.8, 4) is 67.9 Å². The molecular weight excluding hydrogens is 761 g/mol. The average Bonchev–Trinajstić information content (AvgIpc) is 4.02. The van der Waals surface area contributed by atoms with Crippen LogP contribution in [0.15, 0.2) is 186 Å². The Balaban J connectivity index is 0.919. The van der Waals surface area contributed by atoms with Crippen LogP contribution in [0, 0.1) is 0 Å². The number of hydrogen-bond acceptors (Lipinski definition) is 7. The van der Waals surface area contributed by atoms with E-state index in [-0.39, 0.29) is 0 Å². The van der Waals surface area contributed by atoms with E-state index in [2.05, 4.69) is 152 Å². The lowest BCUT2D eigenvalue weighted by molar-refractivity contribution is 0.620. The summed E-state index contributed by atoms with van der Waals surface area (Å²) in [5, 5.41) is 4.79. The van der Waals surface area contributed by atoms with Crippen molar-refractivity contribution in [2.45, 2.75) is 0 Å². The second kappa shape index (κ2) is 13.7. The zero-order chi connectivity index (χ0) is 38.9. The van der Waals surface area contributed by atoms with Gasteiger partial charge in [0.15, 0.2) is 23.1 Å². The van der Waals surface area contributed by atoms with Crippen molar-refractivity contribution in [2.75, 3.05) is 0 Å². The molecule has 0 radical (unpaired) electrons. The van der Waals surface area contributed by atoms with E-state index in [0.717, 1.165) is 50.0 Å². The van der Waals surface area contributed by atoms with E-state index >= 15 is 0 Å². The van der Waals surface area contributed by atoms with Gasteiger partial charge in [-0.25, -0.2) is 19.9 Å². The number of hydrogen-bond donors (Lipinski definition) is 0. The van der Waals surface area contributed by atoms with Crippen molar-refractivity contribution in [1.82, 2.24) is 19.9 Å². The Morgan fingerprint density at radius 2 is 0.966 bits per heavy atom. The van der Waals surface area contributed by atoms with E-state index in [9.17, 15) is 0 Å². The maximum Gasteiger partial charge on any atom is 0.227 e. The molecule has 4 aromatic heterocycles. The van der Waals surface area contributed by atoms with Crippen molar-refractivity contribution in [1.29, 1.82) is 0 Å². The molecule has 0 N–H and O–H groups in total. The Kier molecular flexibility index (Phi) is 7.82. The zero-order valence-electron chi connectivity index (χ0n) is 31.3. The molecule has 8 aromatic carbocycles. The van der Waals surface area contributed by atoms with E-state index in [1.807, 2.05) is 41.7 Å². The first-order valence-electron chi connectivity index (χ1n) is 19.4. The molecule has 7 heteroatoms. The second-order valence-corrected chi connectivity index (χ2v) is 16.7.